The summed E-state index contributed by atoms with van der Waals surface area (Å²) < 4.78 is 52.8. The lowest BCUT2D eigenvalue weighted by atomic mass is 10.2. The molecule has 7 nitrogen and oxygen atoms in total. The zero-order valence-corrected chi connectivity index (χ0v) is 12.7. The molecule has 0 bridgehead atoms. The molecule has 2 aromatic heterocycles. The van der Waals surface area contributed by atoms with E-state index in [4.69, 9.17) is 5.11 Å². The van der Waals surface area contributed by atoms with Crippen LogP contribution in [0.1, 0.15) is 10.5 Å². The minimum Gasteiger partial charge on any atom is -0.476 e. The average Bonchev–Trinajstić information content (AvgIpc) is 3.03. The van der Waals surface area contributed by atoms with Gasteiger partial charge in [-0.1, -0.05) is 0 Å². The average molecular weight is 365 g/mol. The topological polar surface area (TPSA) is 91.5 Å². The van der Waals surface area contributed by atoms with E-state index in [2.05, 4.69) is 20.6 Å². The standard InChI is InChI=1S/C12H11F4N5O2S/c13-5-3-17-4-6(5)19-8-9-20-7(11(22)23)10(24-12(14,15)16)21(9)2-1-18-8/h1-2,5-6,17H,3-4H2,(H,18,19)(H,22,23)/t5-,6+/m0/s1. The fourth-order valence-electron chi connectivity index (χ4n) is 2.37. The van der Waals surface area contributed by atoms with Crippen molar-refractivity contribution in [3.63, 3.8) is 0 Å². The van der Waals surface area contributed by atoms with Crippen molar-refractivity contribution >= 4 is 29.2 Å². The molecule has 0 aliphatic carbocycles. The molecule has 130 valence electrons. The summed E-state index contributed by atoms with van der Waals surface area (Å²) in [4.78, 5) is 18.9. The van der Waals surface area contributed by atoms with E-state index in [0.717, 1.165) is 4.40 Å². The molecule has 0 unspecified atom stereocenters. The number of hydrogen-bond acceptors (Lipinski definition) is 6. The Morgan fingerprint density at radius 3 is 2.79 bits per heavy atom. The van der Waals surface area contributed by atoms with Crippen LogP contribution in [0.3, 0.4) is 0 Å². The fraction of sp³-hybridized carbons (Fsp3) is 0.417. The van der Waals surface area contributed by atoms with Gasteiger partial charge in [-0.3, -0.25) is 4.40 Å². The maximum Gasteiger partial charge on any atom is 0.447 e. The second-order valence-electron chi connectivity index (χ2n) is 5.01. The van der Waals surface area contributed by atoms with E-state index in [9.17, 15) is 22.4 Å². The van der Waals surface area contributed by atoms with Crippen molar-refractivity contribution in [2.75, 3.05) is 18.4 Å². The summed E-state index contributed by atoms with van der Waals surface area (Å²) in [5.41, 5.74) is -5.54. The second kappa shape index (κ2) is 6.09. The first-order valence-corrected chi connectivity index (χ1v) is 7.55. The number of carboxylic acids is 1. The molecule has 24 heavy (non-hydrogen) atoms. The highest BCUT2D eigenvalue weighted by Crippen LogP contribution is 2.39. The first-order chi connectivity index (χ1) is 11.3. The highest BCUT2D eigenvalue weighted by molar-refractivity contribution is 8.00. The van der Waals surface area contributed by atoms with Gasteiger partial charge in [0.05, 0.1) is 6.04 Å². The quantitative estimate of drug-likeness (QED) is 0.562. The molecule has 1 aliphatic rings. The normalized spacial score (nSPS) is 21.3. The maximum absolute atomic E-state index is 13.7. The van der Waals surface area contributed by atoms with Crippen LogP contribution in [0.15, 0.2) is 17.4 Å². The summed E-state index contributed by atoms with van der Waals surface area (Å²) in [5.74, 6) is -1.58. The summed E-state index contributed by atoms with van der Waals surface area (Å²) >= 11 is -0.579. The highest BCUT2D eigenvalue weighted by Gasteiger charge is 2.35. The van der Waals surface area contributed by atoms with Crippen LogP contribution < -0.4 is 10.6 Å². The smallest absolute Gasteiger partial charge is 0.447 e. The van der Waals surface area contributed by atoms with Gasteiger partial charge in [0.15, 0.2) is 17.2 Å². The predicted octanol–water partition coefficient (Wildman–Crippen LogP) is 1.76. The third-order valence-corrected chi connectivity index (χ3v) is 4.19. The number of thioether (sulfide) groups is 1. The van der Waals surface area contributed by atoms with Crippen molar-refractivity contribution in [3.8, 4) is 0 Å². The molecule has 0 radical (unpaired) electrons. The van der Waals surface area contributed by atoms with Crippen LogP contribution in [0.5, 0.6) is 0 Å². The largest absolute Gasteiger partial charge is 0.476 e. The number of imidazole rings is 1. The summed E-state index contributed by atoms with van der Waals surface area (Å²) in [6, 6.07) is -0.632. The van der Waals surface area contributed by atoms with Gasteiger partial charge in [0, 0.05) is 37.2 Å². The molecule has 2 atom stereocenters. The van der Waals surface area contributed by atoms with Gasteiger partial charge >= 0.3 is 11.5 Å². The van der Waals surface area contributed by atoms with E-state index < -0.39 is 46.2 Å². The monoisotopic (exact) mass is 365 g/mol. The van der Waals surface area contributed by atoms with Crippen molar-refractivity contribution in [3.05, 3.63) is 18.1 Å². The Hall–Kier alpha value is -2.08. The number of alkyl halides is 4. The van der Waals surface area contributed by atoms with E-state index >= 15 is 0 Å². The third kappa shape index (κ3) is 3.24. The molecule has 0 spiro atoms. The molecule has 0 saturated carbocycles. The zero-order valence-electron chi connectivity index (χ0n) is 11.8. The number of carbonyl (C=O) groups is 1. The van der Waals surface area contributed by atoms with Crippen LogP contribution in [0.2, 0.25) is 0 Å². The Bertz CT molecular complexity index is 781. The van der Waals surface area contributed by atoms with Gasteiger partial charge in [0.2, 0.25) is 0 Å². The van der Waals surface area contributed by atoms with Crippen molar-refractivity contribution in [2.24, 2.45) is 0 Å². The van der Waals surface area contributed by atoms with Crippen LogP contribution in [-0.4, -0.2) is 56.3 Å². The van der Waals surface area contributed by atoms with E-state index in [-0.39, 0.29) is 18.0 Å². The zero-order chi connectivity index (χ0) is 17.5. The summed E-state index contributed by atoms with van der Waals surface area (Å²) in [6.07, 6.45) is 1.16. The lowest BCUT2D eigenvalue weighted by molar-refractivity contribution is -0.0329. The first kappa shape index (κ1) is 16.8. The molecule has 1 aliphatic heterocycles. The first-order valence-electron chi connectivity index (χ1n) is 6.73. The Morgan fingerprint density at radius 2 is 2.21 bits per heavy atom. The summed E-state index contributed by atoms with van der Waals surface area (Å²) in [7, 11) is 0. The SMILES string of the molecule is O=C(O)c1nc2c(N[C@@H]3CNC[C@@H]3F)nccn2c1SC(F)(F)F. The third-order valence-electron chi connectivity index (χ3n) is 3.38. The number of carboxylic acid groups (broad SMARTS) is 1. The second-order valence-corrected chi connectivity index (χ2v) is 6.07. The number of aromatic nitrogens is 3. The number of nitrogens with zero attached hydrogens (tertiary/aromatic N) is 3. The number of halogens is 4. The molecule has 3 N–H and O–H groups in total. The van der Waals surface area contributed by atoms with Crippen molar-refractivity contribution in [2.45, 2.75) is 22.7 Å². The Balaban J connectivity index is 2.06. The van der Waals surface area contributed by atoms with Gasteiger partial charge in [-0.15, -0.1) is 0 Å². The van der Waals surface area contributed by atoms with Crippen molar-refractivity contribution in [1.82, 2.24) is 19.7 Å². The number of anilines is 1. The molecular weight excluding hydrogens is 354 g/mol. The van der Waals surface area contributed by atoms with Crippen LogP contribution in [-0.2, 0) is 0 Å². The number of aromatic carboxylic acids is 1. The highest BCUT2D eigenvalue weighted by atomic mass is 32.2. The van der Waals surface area contributed by atoms with Crippen LogP contribution >= 0.6 is 11.8 Å². The number of fused-ring (bicyclic) bond motifs is 1. The molecule has 2 aromatic rings. The van der Waals surface area contributed by atoms with Crippen LogP contribution in [0.4, 0.5) is 23.4 Å². The predicted molar refractivity (Wildman–Crippen MR) is 77.0 cm³/mol. The molecular formula is C12H11F4N5O2S. The Morgan fingerprint density at radius 1 is 1.46 bits per heavy atom. The van der Waals surface area contributed by atoms with E-state index in [1.54, 1.807) is 0 Å². The van der Waals surface area contributed by atoms with Gasteiger partial charge < -0.3 is 15.7 Å². The minimum absolute atomic E-state index is 0.0189. The molecule has 3 rings (SSSR count). The van der Waals surface area contributed by atoms with Crippen molar-refractivity contribution in [1.29, 1.82) is 0 Å². The van der Waals surface area contributed by atoms with E-state index in [0.29, 0.717) is 6.54 Å². The number of rotatable bonds is 4. The molecule has 0 aromatic carbocycles. The summed E-state index contributed by atoms with van der Waals surface area (Å²) in [6.45, 7) is 0.450. The van der Waals surface area contributed by atoms with Gasteiger partial charge in [-0.05, 0) is 0 Å². The molecule has 1 fully saturated rings. The van der Waals surface area contributed by atoms with E-state index in [1.807, 2.05) is 0 Å². The number of hydrogen-bond donors (Lipinski definition) is 3. The number of nitrogens with one attached hydrogen (secondary N) is 2. The minimum atomic E-state index is -4.68. The van der Waals surface area contributed by atoms with Gasteiger partial charge in [0.1, 0.15) is 11.2 Å². The molecule has 12 heteroatoms. The molecule has 0 amide bonds. The maximum atomic E-state index is 13.7. The lowest BCUT2D eigenvalue weighted by Crippen LogP contribution is -2.30. The van der Waals surface area contributed by atoms with E-state index in [1.165, 1.54) is 12.4 Å². The lowest BCUT2D eigenvalue weighted by Gasteiger charge is -2.15. The molecule has 1 saturated heterocycles. The summed E-state index contributed by atoms with van der Waals surface area (Å²) in [5, 5.41) is 14.1. The Labute approximate surface area is 136 Å². The van der Waals surface area contributed by atoms with Gasteiger partial charge in [-0.2, -0.15) is 13.2 Å². The Kier molecular flexibility index (Phi) is 4.25. The van der Waals surface area contributed by atoms with Crippen LogP contribution in [0, 0.1) is 0 Å². The fourth-order valence-corrected chi connectivity index (χ4v) is 3.06. The van der Waals surface area contributed by atoms with Gasteiger partial charge in [-0.25, -0.2) is 19.2 Å². The molecule has 3 heterocycles. The van der Waals surface area contributed by atoms with Crippen LogP contribution in [0.25, 0.3) is 5.65 Å². The van der Waals surface area contributed by atoms with Crippen molar-refractivity contribution < 1.29 is 27.5 Å². The van der Waals surface area contributed by atoms with Gasteiger partial charge in [0.25, 0.3) is 0 Å².